The summed E-state index contributed by atoms with van der Waals surface area (Å²) in [4.78, 5) is 13.4. The molecule has 1 aromatic rings. The van der Waals surface area contributed by atoms with Gasteiger partial charge in [-0.1, -0.05) is 30.3 Å². The minimum Gasteiger partial charge on any atom is -0.344 e. The second-order valence-corrected chi connectivity index (χ2v) is 4.79. The third-order valence-corrected chi connectivity index (χ3v) is 2.56. The zero-order chi connectivity index (χ0) is 12.0. The van der Waals surface area contributed by atoms with E-state index in [1.807, 2.05) is 37.3 Å². The molecule has 0 bridgehead atoms. The molecule has 2 nitrogen and oxygen atoms in total. The zero-order valence-electron chi connectivity index (χ0n) is 9.82. The van der Waals surface area contributed by atoms with Crippen LogP contribution in [0.4, 0.5) is 0 Å². The molecule has 16 heavy (non-hydrogen) atoms. The van der Waals surface area contributed by atoms with Gasteiger partial charge in [-0.3, -0.25) is 4.79 Å². The highest BCUT2D eigenvalue weighted by Crippen LogP contribution is 2.05. The predicted molar refractivity (Wildman–Crippen MR) is 67.7 cm³/mol. The molecule has 0 saturated carbocycles. The standard InChI is InChI=1S/C13H18ClNO/c1-11(14)10-15(2)13(16)9-8-12-6-4-3-5-7-12/h3-7,11H,8-10H2,1-2H3. The van der Waals surface area contributed by atoms with Crippen LogP contribution < -0.4 is 0 Å². The van der Waals surface area contributed by atoms with Crippen LogP contribution in [0.2, 0.25) is 0 Å². The number of nitrogens with zero attached hydrogens (tertiary/aromatic N) is 1. The number of hydrogen-bond acceptors (Lipinski definition) is 1. The van der Waals surface area contributed by atoms with E-state index in [-0.39, 0.29) is 11.3 Å². The van der Waals surface area contributed by atoms with E-state index in [9.17, 15) is 4.79 Å². The molecule has 0 fully saturated rings. The topological polar surface area (TPSA) is 20.3 Å². The molecule has 0 aliphatic heterocycles. The summed E-state index contributed by atoms with van der Waals surface area (Å²) in [6, 6.07) is 10.0. The van der Waals surface area contributed by atoms with Crippen LogP contribution in [0.15, 0.2) is 30.3 Å². The molecule has 1 amide bonds. The lowest BCUT2D eigenvalue weighted by Gasteiger charge is -2.18. The van der Waals surface area contributed by atoms with Crippen molar-refractivity contribution in [2.45, 2.75) is 25.1 Å². The van der Waals surface area contributed by atoms with Crippen molar-refractivity contribution in [3.05, 3.63) is 35.9 Å². The van der Waals surface area contributed by atoms with Gasteiger partial charge in [0.05, 0.1) is 0 Å². The van der Waals surface area contributed by atoms with E-state index in [1.54, 1.807) is 11.9 Å². The lowest BCUT2D eigenvalue weighted by Crippen LogP contribution is -2.31. The molecule has 0 heterocycles. The number of aryl methyl sites for hydroxylation is 1. The zero-order valence-corrected chi connectivity index (χ0v) is 10.6. The van der Waals surface area contributed by atoms with Crippen molar-refractivity contribution in [2.24, 2.45) is 0 Å². The van der Waals surface area contributed by atoms with E-state index in [0.29, 0.717) is 13.0 Å². The molecule has 0 aliphatic rings. The fourth-order valence-electron chi connectivity index (χ4n) is 1.57. The molecule has 0 aliphatic carbocycles. The second kappa shape index (κ2) is 6.54. The van der Waals surface area contributed by atoms with Gasteiger partial charge < -0.3 is 4.90 Å². The Hall–Kier alpha value is -1.02. The number of halogens is 1. The van der Waals surface area contributed by atoms with Crippen LogP contribution in [0.3, 0.4) is 0 Å². The van der Waals surface area contributed by atoms with E-state index in [1.165, 1.54) is 5.56 Å². The summed E-state index contributed by atoms with van der Waals surface area (Å²) in [6.45, 7) is 2.50. The van der Waals surface area contributed by atoms with E-state index in [0.717, 1.165) is 6.42 Å². The second-order valence-electron chi connectivity index (χ2n) is 4.04. The van der Waals surface area contributed by atoms with Gasteiger partial charge in [0.2, 0.25) is 5.91 Å². The summed E-state index contributed by atoms with van der Waals surface area (Å²) in [6.07, 6.45) is 1.34. The predicted octanol–water partition coefficient (Wildman–Crippen LogP) is 2.70. The van der Waals surface area contributed by atoms with E-state index >= 15 is 0 Å². The Morgan fingerprint density at radius 2 is 2.00 bits per heavy atom. The third-order valence-electron chi connectivity index (χ3n) is 2.42. The number of amides is 1. The molecule has 1 rings (SSSR count). The summed E-state index contributed by atoms with van der Waals surface area (Å²) < 4.78 is 0. The van der Waals surface area contributed by atoms with Gasteiger partial charge in [0.1, 0.15) is 0 Å². The molecule has 3 heteroatoms. The minimum absolute atomic E-state index is 0.00525. The number of carbonyl (C=O) groups is 1. The van der Waals surface area contributed by atoms with E-state index < -0.39 is 0 Å². The van der Waals surface area contributed by atoms with Gasteiger partial charge in [0, 0.05) is 25.4 Å². The van der Waals surface area contributed by atoms with Crippen molar-refractivity contribution < 1.29 is 4.79 Å². The average Bonchev–Trinajstić information content (AvgIpc) is 2.26. The van der Waals surface area contributed by atoms with Crippen LogP contribution in [-0.4, -0.2) is 29.8 Å². The molecule has 0 aromatic heterocycles. The third kappa shape index (κ3) is 4.67. The van der Waals surface area contributed by atoms with Gasteiger partial charge >= 0.3 is 0 Å². The van der Waals surface area contributed by atoms with Crippen LogP contribution in [0.1, 0.15) is 18.9 Å². The lowest BCUT2D eigenvalue weighted by atomic mass is 10.1. The Morgan fingerprint density at radius 1 is 1.38 bits per heavy atom. The van der Waals surface area contributed by atoms with E-state index in [2.05, 4.69) is 0 Å². The summed E-state index contributed by atoms with van der Waals surface area (Å²) in [7, 11) is 1.80. The van der Waals surface area contributed by atoms with Crippen molar-refractivity contribution in [1.29, 1.82) is 0 Å². The normalized spacial score (nSPS) is 12.2. The van der Waals surface area contributed by atoms with Gasteiger partial charge in [-0.05, 0) is 18.9 Å². The van der Waals surface area contributed by atoms with E-state index in [4.69, 9.17) is 11.6 Å². The van der Waals surface area contributed by atoms with Crippen molar-refractivity contribution in [2.75, 3.05) is 13.6 Å². The average molecular weight is 240 g/mol. The summed E-state index contributed by atoms with van der Waals surface area (Å²) in [5.74, 6) is 0.149. The first kappa shape index (κ1) is 13.0. The minimum atomic E-state index is 0.00525. The number of carbonyl (C=O) groups excluding carboxylic acids is 1. The quantitative estimate of drug-likeness (QED) is 0.724. The van der Waals surface area contributed by atoms with Gasteiger partial charge in [-0.15, -0.1) is 11.6 Å². The molecule has 0 saturated heterocycles. The van der Waals surface area contributed by atoms with Crippen LogP contribution in [-0.2, 0) is 11.2 Å². The Kier molecular flexibility index (Phi) is 5.33. The molecule has 1 aromatic carbocycles. The Bertz CT molecular complexity index is 324. The fraction of sp³-hybridized carbons (Fsp3) is 0.462. The summed E-state index contributed by atoms with van der Waals surface area (Å²) >= 11 is 5.84. The number of benzene rings is 1. The first-order valence-electron chi connectivity index (χ1n) is 5.51. The Balaban J connectivity index is 2.35. The van der Waals surface area contributed by atoms with Crippen molar-refractivity contribution >= 4 is 17.5 Å². The number of rotatable bonds is 5. The molecule has 1 atom stereocenters. The monoisotopic (exact) mass is 239 g/mol. The maximum Gasteiger partial charge on any atom is 0.222 e. The Morgan fingerprint density at radius 3 is 2.56 bits per heavy atom. The first-order valence-corrected chi connectivity index (χ1v) is 5.95. The first-order chi connectivity index (χ1) is 7.59. The maximum atomic E-state index is 11.7. The van der Waals surface area contributed by atoms with Crippen LogP contribution in [0.25, 0.3) is 0 Å². The summed E-state index contributed by atoms with van der Waals surface area (Å²) in [5, 5.41) is 0.00525. The van der Waals surface area contributed by atoms with Gasteiger partial charge in [-0.25, -0.2) is 0 Å². The molecular weight excluding hydrogens is 222 g/mol. The SMILES string of the molecule is CC(Cl)CN(C)C(=O)CCc1ccccc1. The number of alkyl halides is 1. The molecule has 0 radical (unpaired) electrons. The van der Waals surface area contributed by atoms with Crippen LogP contribution >= 0.6 is 11.6 Å². The highest BCUT2D eigenvalue weighted by molar-refractivity contribution is 6.20. The molecule has 0 spiro atoms. The smallest absolute Gasteiger partial charge is 0.222 e. The van der Waals surface area contributed by atoms with Gasteiger partial charge in [-0.2, -0.15) is 0 Å². The number of hydrogen-bond donors (Lipinski definition) is 0. The molecular formula is C13H18ClNO. The van der Waals surface area contributed by atoms with Crippen LogP contribution in [0.5, 0.6) is 0 Å². The lowest BCUT2D eigenvalue weighted by molar-refractivity contribution is -0.129. The Labute approximate surface area is 102 Å². The maximum absolute atomic E-state index is 11.7. The largest absolute Gasteiger partial charge is 0.344 e. The van der Waals surface area contributed by atoms with Crippen molar-refractivity contribution in [3.8, 4) is 0 Å². The van der Waals surface area contributed by atoms with Crippen molar-refractivity contribution in [3.63, 3.8) is 0 Å². The molecule has 1 unspecified atom stereocenters. The van der Waals surface area contributed by atoms with Crippen molar-refractivity contribution in [1.82, 2.24) is 4.90 Å². The molecule has 0 N–H and O–H groups in total. The highest BCUT2D eigenvalue weighted by Gasteiger charge is 2.10. The summed E-state index contributed by atoms with van der Waals surface area (Å²) in [5.41, 5.74) is 1.20. The fourth-order valence-corrected chi connectivity index (χ4v) is 1.77. The molecule has 88 valence electrons. The van der Waals surface area contributed by atoms with Crippen LogP contribution in [0, 0.1) is 0 Å². The van der Waals surface area contributed by atoms with Gasteiger partial charge in [0.15, 0.2) is 0 Å². The van der Waals surface area contributed by atoms with Gasteiger partial charge in [0.25, 0.3) is 0 Å². The highest BCUT2D eigenvalue weighted by atomic mass is 35.5.